The summed E-state index contributed by atoms with van der Waals surface area (Å²) in [7, 11) is 0. The topological polar surface area (TPSA) is 0 Å². The summed E-state index contributed by atoms with van der Waals surface area (Å²) in [6, 6.07) is 10.0. The second kappa shape index (κ2) is 5.03. The lowest BCUT2D eigenvalue weighted by Crippen LogP contribution is -1.84. The van der Waals surface area contributed by atoms with Crippen LogP contribution in [0.1, 0.15) is 5.56 Å². The Morgan fingerprint density at radius 2 is 1.71 bits per heavy atom. The summed E-state index contributed by atoms with van der Waals surface area (Å²) in [5.74, 6) is 0. The molecule has 0 radical (unpaired) electrons. The van der Waals surface area contributed by atoms with Crippen LogP contribution in [0.4, 0.5) is 0 Å². The third-order valence-electron chi connectivity index (χ3n) is 1.99. The second-order valence-electron chi connectivity index (χ2n) is 2.91. The van der Waals surface area contributed by atoms with Crippen LogP contribution in [-0.4, -0.2) is 0 Å². The molecule has 0 amide bonds. The Kier molecular flexibility index (Phi) is 3.69. The number of hydrogen-bond donors (Lipinski definition) is 0. The van der Waals surface area contributed by atoms with Gasteiger partial charge in [-0.1, -0.05) is 68.3 Å². The average molecular weight is 182 g/mol. The molecule has 0 spiro atoms. The summed E-state index contributed by atoms with van der Waals surface area (Å²) in [6.45, 7) is 11.4. The average Bonchev–Trinajstić information content (AvgIpc) is 2.26. The van der Waals surface area contributed by atoms with E-state index in [9.17, 15) is 0 Å². The smallest absolute Gasteiger partial charge is 0.0184 e. The zero-order valence-electron chi connectivity index (χ0n) is 8.24. The van der Waals surface area contributed by atoms with Crippen molar-refractivity contribution in [1.29, 1.82) is 0 Å². The van der Waals surface area contributed by atoms with E-state index in [4.69, 9.17) is 0 Å². The Morgan fingerprint density at radius 1 is 1.07 bits per heavy atom. The fourth-order valence-corrected chi connectivity index (χ4v) is 1.22. The molecule has 0 saturated carbocycles. The molecule has 0 fully saturated rings. The van der Waals surface area contributed by atoms with Gasteiger partial charge in [-0.2, -0.15) is 0 Å². The van der Waals surface area contributed by atoms with E-state index in [2.05, 4.69) is 19.7 Å². The minimum Gasteiger partial charge on any atom is -0.0990 e. The van der Waals surface area contributed by atoms with Crippen LogP contribution in [0, 0.1) is 0 Å². The monoisotopic (exact) mass is 182 g/mol. The lowest BCUT2D eigenvalue weighted by molar-refractivity contribution is 1.59. The molecule has 1 aromatic rings. The minimum absolute atomic E-state index is 0.973. The maximum absolute atomic E-state index is 4.03. The van der Waals surface area contributed by atoms with Crippen LogP contribution >= 0.6 is 0 Å². The standard InChI is InChI=1S/C14H14/c1-4-9-13(5-2)12(3)14-10-7-6-8-11-14/h4-11H,1-3H2/b13-9+. The van der Waals surface area contributed by atoms with Gasteiger partial charge in [0.25, 0.3) is 0 Å². The van der Waals surface area contributed by atoms with Crippen molar-refractivity contribution >= 4 is 5.57 Å². The molecule has 14 heavy (non-hydrogen) atoms. The maximum atomic E-state index is 4.03. The molecule has 0 heteroatoms. The summed E-state index contributed by atoms with van der Waals surface area (Å²) in [4.78, 5) is 0. The largest absolute Gasteiger partial charge is 0.0990 e. The Hall–Kier alpha value is -1.82. The zero-order valence-corrected chi connectivity index (χ0v) is 8.24. The van der Waals surface area contributed by atoms with Gasteiger partial charge in [0.05, 0.1) is 0 Å². The summed E-state index contributed by atoms with van der Waals surface area (Å²) in [5, 5.41) is 0. The van der Waals surface area contributed by atoms with E-state index in [1.807, 2.05) is 36.4 Å². The predicted octanol–water partition coefficient (Wildman–Crippen LogP) is 4.00. The molecule has 1 rings (SSSR count). The van der Waals surface area contributed by atoms with Gasteiger partial charge in [0, 0.05) is 0 Å². The molecule has 0 aliphatic rings. The van der Waals surface area contributed by atoms with Gasteiger partial charge < -0.3 is 0 Å². The predicted molar refractivity (Wildman–Crippen MR) is 64.0 cm³/mol. The highest BCUT2D eigenvalue weighted by molar-refractivity contribution is 5.80. The van der Waals surface area contributed by atoms with Crippen LogP contribution in [0.5, 0.6) is 0 Å². The Labute approximate surface area is 85.6 Å². The van der Waals surface area contributed by atoms with Crippen molar-refractivity contribution < 1.29 is 0 Å². The lowest BCUT2D eigenvalue weighted by atomic mass is 9.99. The van der Waals surface area contributed by atoms with Crippen molar-refractivity contribution in [3.8, 4) is 0 Å². The SMILES string of the molecule is C=C/C=C(\C=C)C(=C)c1ccccc1. The number of benzene rings is 1. The molecule has 0 N–H and O–H groups in total. The van der Waals surface area contributed by atoms with E-state index in [1.54, 1.807) is 12.2 Å². The van der Waals surface area contributed by atoms with Crippen LogP contribution in [0.3, 0.4) is 0 Å². The van der Waals surface area contributed by atoms with Gasteiger partial charge >= 0.3 is 0 Å². The van der Waals surface area contributed by atoms with Crippen molar-refractivity contribution in [2.45, 2.75) is 0 Å². The maximum Gasteiger partial charge on any atom is -0.0184 e. The van der Waals surface area contributed by atoms with E-state index in [0.717, 1.165) is 16.7 Å². The molecule has 0 saturated heterocycles. The van der Waals surface area contributed by atoms with Crippen LogP contribution in [0.15, 0.2) is 73.9 Å². The van der Waals surface area contributed by atoms with Gasteiger partial charge in [-0.05, 0) is 16.7 Å². The lowest BCUT2D eigenvalue weighted by Gasteiger charge is -2.05. The first-order valence-corrected chi connectivity index (χ1v) is 4.49. The molecule has 0 aromatic heterocycles. The van der Waals surface area contributed by atoms with E-state index in [-0.39, 0.29) is 0 Å². The number of allylic oxidation sites excluding steroid dienone is 5. The molecule has 0 nitrogen and oxygen atoms in total. The van der Waals surface area contributed by atoms with Gasteiger partial charge in [-0.15, -0.1) is 0 Å². The molecule has 0 aliphatic carbocycles. The van der Waals surface area contributed by atoms with Crippen molar-refractivity contribution in [2.24, 2.45) is 0 Å². The highest BCUT2D eigenvalue weighted by atomic mass is 14.0. The van der Waals surface area contributed by atoms with Crippen molar-refractivity contribution in [1.82, 2.24) is 0 Å². The van der Waals surface area contributed by atoms with Gasteiger partial charge in [-0.25, -0.2) is 0 Å². The molecule has 0 atom stereocenters. The molecule has 0 unspecified atom stereocenters. The van der Waals surface area contributed by atoms with Crippen LogP contribution in [-0.2, 0) is 0 Å². The molecule has 0 bridgehead atoms. The third-order valence-corrected chi connectivity index (χ3v) is 1.99. The molecule has 0 aliphatic heterocycles. The Balaban J connectivity index is 3.01. The van der Waals surface area contributed by atoms with E-state index in [0.29, 0.717) is 0 Å². The van der Waals surface area contributed by atoms with Crippen molar-refractivity contribution in [2.75, 3.05) is 0 Å². The summed E-state index contributed by atoms with van der Waals surface area (Å²) in [5.41, 5.74) is 3.09. The Bertz CT molecular complexity index is 366. The normalized spacial score (nSPS) is 10.7. The van der Waals surface area contributed by atoms with Crippen molar-refractivity contribution in [3.05, 3.63) is 79.4 Å². The van der Waals surface area contributed by atoms with Gasteiger partial charge in [0.15, 0.2) is 0 Å². The number of rotatable bonds is 4. The van der Waals surface area contributed by atoms with Gasteiger partial charge in [-0.3, -0.25) is 0 Å². The fraction of sp³-hybridized carbons (Fsp3) is 0. The highest BCUT2D eigenvalue weighted by Crippen LogP contribution is 2.21. The van der Waals surface area contributed by atoms with E-state index < -0.39 is 0 Å². The summed E-state index contributed by atoms with van der Waals surface area (Å²) >= 11 is 0. The highest BCUT2D eigenvalue weighted by Gasteiger charge is 1.99. The van der Waals surface area contributed by atoms with E-state index in [1.165, 1.54) is 0 Å². The van der Waals surface area contributed by atoms with E-state index >= 15 is 0 Å². The quantitative estimate of drug-likeness (QED) is 0.617. The zero-order chi connectivity index (χ0) is 10.4. The first-order chi connectivity index (χ1) is 6.79. The molecule has 1 aromatic carbocycles. The number of hydrogen-bond acceptors (Lipinski definition) is 0. The van der Waals surface area contributed by atoms with Crippen LogP contribution < -0.4 is 0 Å². The van der Waals surface area contributed by atoms with Gasteiger partial charge in [0.2, 0.25) is 0 Å². The Morgan fingerprint density at radius 3 is 2.21 bits per heavy atom. The van der Waals surface area contributed by atoms with Crippen LogP contribution in [0.2, 0.25) is 0 Å². The third kappa shape index (κ3) is 2.33. The molecule has 70 valence electrons. The second-order valence-corrected chi connectivity index (χ2v) is 2.91. The minimum atomic E-state index is 0.973. The fourth-order valence-electron chi connectivity index (χ4n) is 1.22. The molecule has 0 heterocycles. The summed E-state index contributed by atoms with van der Waals surface area (Å²) < 4.78 is 0. The van der Waals surface area contributed by atoms with Gasteiger partial charge in [0.1, 0.15) is 0 Å². The summed E-state index contributed by atoms with van der Waals surface area (Å²) in [6.07, 6.45) is 5.44. The van der Waals surface area contributed by atoms with Crippen LogP contribution in [0.25, 0.3) is 5.57 Å². The first kappa shape index (κ1) is 10.3. The molecular formula is C14H14. The molecular weight excluding hydrogens is 168 g/mol. The van der Waals surface area contributed by atoms with Crippen molar-refractivity contribution in [3.63, 3.8) is 0 Å². The first-order valence-electron chi connectivity index (χ1n) is 4.49.